The summed E-state index contributed by atoms with van der Waals surface area (Å²) in [6.45, 7) is 5.82. The van der Waals surface area contributed by atoms with E-state index in [0.29, 0.717) is 24.3 Å². The van der Waals surface area contributed by atoms with E-state index in [9.17, 15) is 14.7 Å². The minimum absolute atomic E-state index is 0.114. The lowest BCUT2D eigenvalue weighted by Gasteiger charge is -2.32. The highest BCUT2D eigenvalue weighted by molar-refractivity contribution is 6.31. The van der Waals surface area contributed by atoms with E-state index in [1.165, 1.54) is 0 Å². The summed E-state index contributed by atoms with van der Waals surface area (Å²) in [6, 6.07) is 12.3. The highest BCUT2D eigenvalue weighted by Crippen LogP contribution is 2.33. The van der Waals surface area contributed by atoms with Gasteiger partial charge in [0.05, 0.1) is 24.9 Å². The molecule has 0 amide bonds. The van der Waals surface area contributed by atoms with Crippen molar-refractivity contribution in [1.82, 2.24) is 0 Å². The van der Waals surface area contributed by atoms with E-state index in [-0.39, 0.29) is 31.2 Å². The van der Waals surface area contributed by atoms with Gasteiger partial charge in [-0.25, -0.2) is 0 Å². The number of ether oxygens (including phenoxy) is 1. The molecular weight excluding hydrogens is 435 g/mol. The molecule has 3 atom stereocenters. The fraction of sp³-hybridized carbons (Fsp3) is 0.440. The molecule has 2 aromatic carbocycles. The second kappa shape index (κ2) is 17.4. The van der Waals surface area contributed by atoms with E-state index >= 15 is 0 Å². The van der Waals surface area contributed by atoms with Crippen LogP contribution in [-0.4, -0.2) is 40.7 Å². The Bertz CT molecular complexity index is 767. The highest BCUT2D eigenvalue weighted by atomic mass is 35.5. The first-order valence-electron chi connectivity index (χ1n) is 10.5. The van der Waals surface area contributed by atoms with E-state index in [2.05, 4.69) is 17.8 Å². The average molecular weight is 469 g/mol. The quantitative estimate of drug-likeness (QED) is 0.535. The number of rotatable bonds is 5. The van der Waals surface area contributed by atoms with Crippen molar-refractivity contribution in [2.75, 3.05) is 13.2 Å². The van der Waals surface area contributed by atoms with E-state index < -0.39 is 6.10 Å². The van der Waals surface area contributed by atoms with Crippen LogP contribution in [0.1, 0.15) is 56.4 Å². The number of aliphatic hydroxyl groups is 3. The summed E-state index contributed by atoms with van der Waals surface area (Å²) in [5, 5.41) is 27.5. The van der Waals surface area contributed by atoms with Crippen molar-refractivity contribution < 1.29 is 29.5 Å². The Labute approximate surface area is 195 Å². The van der Waals surface area contributed by atoms with Crippen molar-refractivity contribution >= 4 is 11.6 Å². The summed E-state index contributed by atoms with van der Waals surface area (Å²) >= 11 is 6.31. The number of halogens is 2. The maximum absolute atomic E-state index is 12.1. The molecule has 178 valence electrons. The summed E-state index contributed by atoms with van der Waals surface area (Å²) in [4.78, 5) is 3.69. The van der Waals surface area contributed by atoms with Gasteiger partial charge in [-0.1, -0.05) is 49.7 Å². The fourth-order valence-corrected chi connectivity index (χ4v) is 3.32. The topological polar surface area (TPSA) is 79.2 Å². The molecule has 0 radical (unpaired) electrons. The zero-order chi connectivity index (χ0) is 24.5. The normalized spacial score (nSPS) is 19.1. The standard InChI is InChI=1S/C19H20ClFO4.C2H6O.C2H6.C2H2/c20-18-6-3-13(19-10-15(23)9-17(11-22)24-19)8-14(18)7-12-1-4-16(25-21)5-2-12;1-2-3;2*1-2/h1-6,8,15,17,19,22-23H,7,9-11H2;3H,2H2,1H3;1-2H3;1-2H/t15-,17-,19+;;;/m0.../s1. The summed E-state index contributed by atoms with van der Waals surface area (Å²) < 4.78 is 18.0. The monoisotopic (exact) mass is 468 g/mol. The van der Waals surface area contributed by atoms with Gasteiger partial charge in [-0.3, -0.25) is 4.94 Å². The Kier molecular flexibility index (Phi) is 16.3. The van der Waals surface area contributed by atoms with Crippen LogP contribution in [0, 0.1) is 12.8 Å². The first-order valence-corrected chi connectivity index (χ1v) is 10.9. The van der Waals surface area contributed by atoms with Crippen LogP contribution in [0.5, 0.6) is 5.75 Å². The van der Waals surface area contributed by atoms with Gasteiger partial charge in [0.2, 0.25) is 0 Å². The number of benzene rings is 2. The first kappa shape index (κ1) is 29.9. The van der Waals surface area contributed by atoms with Crippen LogP contribution < -0.4 is 4.94 Å². The highest BCUT2D eigenvalue weighted by Gasteiger charge is 2.29. The van der Waals surface area contributed by atoms with Gasteiger partial charge < -0.3 is 20.1 Å². The third kappa shape index (κ3) is 9.99. The van der Waals surface area contributed by atoms with Crippen molar-refractivity contribution in [3.8, 4) is 18.6 Å². The summed E-state index contributed by atoms with van der Waals surface area (Å²) in [6.07, 6.45) is 8.37. The first-order chi connectivity index (χ1) is 15.5. The van der Waals surface area contributed by atoms with E-state index in [4.69, 9.17) is 21.4 Å². The van der Waals surface area contributed by atoms with E-state index in [1.54, 1.807) is 31.2 Å². The molecule has 3 rings (SSSR count). The minimum Gasteiger partial charge on any atom is -0.397 e. The van der Waals surface area contributed by atoms with Crippen LogP contribution >= 0.6 is 11.6 Å². The fourth-order valence-electron chi connectivity index (χ4n) is 3.13. The Morgan fingerprint density at radius 3 is 2.22 bits per heavy atom. The Balaban J connectivity index is 0.00000124. The smallest absolute Gasteiger partial charge is 0.171 e. The van der Waals surface area contributed by atoms with Gasteiger partial charge in [-0.05, 0) is 48.2 Å². The third-order valence-electron chi connectivity index (χ3n) is 4.43. The molecule has 7 heteroatoms. The molecule has 32 heavy (non-hydrogen) atoms. The second-order valence-electron chi connectivity index (χ2n) is 6.62. The van der Waals surface area contributed by atoms with Gasteiger partial charge in [0.1, 0.15) is 0 Å². The molecule has 5 nitrogen and oxygen atoms in total. The molecule has 1 aliphatic heterocycles. The van der Waals surface area contributed by atoms with Gasteiger partial charge in [-0.15, -0.1) is 12.8 Å². The van der Waals surface area contributed by atoms with Gasteiger partial charge >= 0.3 is 0 Å². The molecule has 1 aliphatic rings. The lowest BCUT2D eigenvalue weighted by atomic mass is 9.94. The van der Waals surface area contributed by atoms with Gasteiger partial charge in [0.15, 0.2) is 5.75 Å². The van der Waals surface area contributed by atoms with Crippen LogP contribution in [0.4, 0.5) is 4.53 Å². The van der Waals surface area contributed by atoms with Crippen LogP contribution in [0.15, 0.2) is 42.5 Å². The molecule has 1 saturated heterocycles. The molecule has 2 aromatic rings. The summed E-state index contributed by atoms with van der Waals surface area (Å²) in [5.41, 5.74) is 2.80. The molecule has 0 spiro atoms. The van der Waals surface area contributed by atoms with Crippen molar-refractivity contribution in [1.29, 1.82) is 0 Å². The van der Waals surface area contributed by atoms with Crippen LogP contribution in [0.25, 0.3) is 0 Å². The van der Waals surface area contributed by atoms with Gasteiger partial charge in [-0.2, -0.15) is 0 Å². The molecule has 0 saturated carbocycles. The van der Waals surface area contributed by atoms with Crippen molar-refractivity contribution in [2.24, 2.45) is 0 Å². The van der Waals surface area contributed by atoms with Crippen LogP contribution in [-0.2, 0) is 11.2 Å². The minimum atomic E-state index is -0.497. The zero-order valence-electron chi connectivity index (χ0n) is 18.9. The van der Waals surface area contributed by atoms with Crippen LogP contribution in [0.3, 0.4) is 0 Å². The SMILES string of the molecule is C#C.CC.CCO.OC[C@@H]1C[C@H](O)C[C@H](c2ccc(Cl)c(Cc3ccc(OF)cc3)c2)O1. The molecule has 1 heterocycles. The number of aliphatic hydroxyl groups excluding tert-OH is 3. The summed E-state index contributed by atoms with van der Waals surface area (Å²) in [5.74, 6) is 0.156. The lowest BCUT2D eigenvalue weighted by molar-refractivity contribution is -0.113. The van der Waals surface area contributed by atoms with E-state index in [0.717, 1.165) is 16.7 Å². The second-order valence-corrected chi connectivity index (χ2v) is 7.03. The largest absolute Gasteiger partial charge is 0.397 e. The molecular formula is C25H34ClFO5. The molecule has 0 bridgehead atoms. The van der Waals surface area contributed by atoms with Gasteiger partial charge in [0, 0.05) is 29.0 Å². The van der Waals surface area contributed by atoms with E-state index in [1.807, 2.05) is 32.0 Å². The maximum atomic E-state index is 12.1. The third-order valence-corrected chi connectivity index (χ3v) is 4.80. The zero-order valence-corrected chi connectivity index (χ0v) is 19.6. The number of terminal acetylenes is 1. The molecule has 0 aromatic heterocycles. The van der Waals surface area contributed by atoms with Crippen LogP contribution in [0.2, 0.25) is 5.02 Å². The Morgan fingerprint density at radius 2 is 1.69 bits per heavy atom. The van der Waals surface area contributed by atoms with Crippen molar-refractivity contribution in [3.05, 3.63) is 64.2 Å². The molecule has 1 fully saturated rings. The Morgan fingerprint density at radius 1 is 1.09 bits per heavy atom. The predicted octanol–water partition coefficient (Wildman–Crippen LogP) is 5.04. The van der Waals surface area contributed by atoms with Gasteiger partial charge in [0.25, 0.3) is 0 Å². The van der Waals surface area contributed by atoms with Crippen molar-refractivity contribution in [3.63, 3.8) is 0 Å². The average Bonchev–Trinajstić information content (AvgIpc) is 2.83. The molecule has 3 N–H and O–H groups in total. The molecule has 0 aliphatic carbocycles. The summed E-state index contributed by atoms with van der Waals surface area (Å²) in [7, 11) is 0. The maximum Gasteiger partial charge on any atom is 0.171 e. The number of hydrogen-bond donors (Lipinski definition) is 3. The van der Waals surface area contributed by atoms with Crippen molar-refractivity contribution in [2.45, 2.75) is 58.3 Å². The lowest BCUT2D eigenvalue weighted by Crippen LogP contribution is -2.33. The molecule has 0 unspecified atom stereocenters. The predicted molar refractivity (Wildman–Crippen MR) is 126 cm³/mol. The Hall–Kier alpha value is -2.14. The number of hydrogen-bond acceptors (Lipinski definition) is 5.